The summed E-state index contributed by atoms with van der Waals surface area (Å²) in [6, 6.07) is 16.0. The van der Waals surface area contributed by atoms with Crippen LogP contribution in [0.1, 0.15) is 11.7 Å². The first-order chi connectivity index (χ1) is 12.5. The Morgan fingerprint density at radius 3 is 2.62 bits per heavy atom. The lowest BCUT2D eigenvalue weighted by molar-refractivity contribution is 0.107. The number of sulfonamides is 1. The van der Waals surface area contributed by atoms with Crippen molar-refractivity contribution in [3.63, 3.8) is 0 Å². The van der Waals surface area contributed by atoms with Gasteiger partial charge in [0.15, 0.2) is 0 Å². The van der Waals surface area contributed by atoms with Gasteiger partial charge in [-0.25, -0.2) is 13.1 Å². The molecule has 0 amide bonds. The van der Waals surface area contributed by atoms with Gasteiger partial charge in [0.1, 0.15) is 10.6 Å². The summed E-state index contributed by atoms with van der Waals surface area (Å²) in [5.41, 5.74) is 1.27. The minimum absolute atomic E-state index is 0.0925. The Labute approximate surface area is 152 Å². The summed E-state index contributed by atoms with van der Waals surface area (Å²) < 4.78 is 38.9. The number of pyridine rings is 1. The van der Waals surface area contributed by atoms with Crippen molar-refractivity contribution in [2.45, 2.75) is 11.0 Å². The molecule has 26 heavy (non-hydrogen) atoms. The van der Waals surface area contributed by atoms with Crippen LogP contribution in [0.25, 0.3) is 10.9 Å². The monoisotopic (exact) mass is 372 g/mol. The molecule has 6 nitrogen and oxygen atoms in total. The number of benzene rings is 2. The Kier molecular flexibility index (Phi) is 5.51. The number of ether oxygens (including phenoxy) is 2. The number of nitrogens with zero attached hydrogens (tertiary/aromatic N) is 1. The average molecular weight is 372 g/mol. The Balaban J connectivity index is 1.84. The van der Waals surface area contributed by atoms with Crippen LogP contribution in [0.5, 0.6) is 5.75 Å². The number of aromatic nitrogens is 1. The maximum Gasteiger partial charge on any atom is 0.242 e. The molecule has 1 aromatic heterocycles. The highest BCUT2D eigenvalue weighted by molar-refractivity contribution is 7.89. The first kappa shape index (κ1) is 18.3. The van der Waals surface area contributed by atoms with E-state index in [2.05, 4.69) is 9.71 Å². The fourth-order valence-corrected chi connectivity index (χ4v) is 3.94. The van der Waals surface area contributed by atoms with Gasteiger partial charge in [0.25, 0.3) is 0 Å². The largest absolute Gasteiger partial charge is 0.497 e. The molecule has 1 atom stereocenters. The van der Waals surface area contributed by atoms with Crippen molar-refractivity contribution >= 4 is 20.9 Å². The third-order valence-corrected chi connectivity index (χ3v) is 5.55. The molecule has 0 aliphatic rings. The summed E-state index contributed by atoms with van der Waals surface area (Å²) in [7, 11) is -0.619. The highest BCUT2D eigenvalue weighted by Gasteiger charge is 2.21. The van der Waals surface area contributed by atoms with Gasteiger partial charge in [-0.2, -0.15) is 0 Å². The maximum absolute atomic E-state index is 12.8. The first-order valence-corrected chi connectivity index (χ1v) is 9.53. The number of para-hydroxylation sites is 1. The second-order valence-corrected chi connectivity index (χ2v) is 7.42. The van der Waals surface area contributed by atoms with E-state index in [4.69, 9.17) is 9.47 Å². The highest BCUT2D eigenvalue weighted by atomic mass is 32.2. The van der Waals surface area contributed by atoms with Crippen molar-refractivity contribution in [2.24, 2.45) is 0 Å². The molecule has 1 heterocycles. The van der Waals surface area contributed by atoms with E-state index in [0.717, 1.165) is 10.9 Å². The quantitative estimate of drug-likeness (QED) is 0.690. The van der Waals surface area contributed by atoms with Crippen LogP contribution in [0.15, 0.2) is 65.7 Å². The minimum Gasteiger partial charge on any atom is -0.497 e. The predicted octanol–water partition coefficient (Wildman–Crippen LogP) is 2.91. The van der Waals surface area contributed by atoms with Crippen molar-refractivity contribution in [1.29, 1.82) is 0 Å². The molecular formula is C19H20N2O4S. The van der Waals surface area contributed by atoms with E-state index >= 15 is 0 Å². The van der Waals surface area contributed by atoms with E-state index in [-0.39, 0.29) is 11.4 Å². The lowest BCUT2D eigenvalue weighted by Gasteiger charge is -2.17. The molecule has 0 saturated heterocycles. The molecule has 3 rings (SSSR count). The third kappa shape index (κ3) is 3.85. The van der Waals surface area contributed by atoms with Crippen LogP contribution < -0.4 is 9.46 Å². The van der Waals surface area contributed by atoms with E-state index in [1.165, 1.54) is 7.11 Å². The highest BCUT2D eigenvalue weighted by Crippen LogP contribution is 2.23. The predicted molar refractivity (Wildman–Crippen MR) is 99.7 cm³/mol. The van der Waals surface area contributed by atoms with E-state index in [1.807, 2.05) is 36.4 Å². The number of methoxy groups -OCH3 is 2. The summed E-state index contributed by atoms with van der Waals surface area (Å²) in [6.07, 6.45) is 1.14. The van der Waals surface area contributed by atoms with Gasteiger partial charge in [0, 0.05) is 25.2 Å². The number of fused-ring (bicyclic) bond motifs is 1. The molecule has 1 unspecified atom stereocenters. The molecule has 0 saturated carbocycles. The fraction of sp³-hybridized carbons (Fsp3) is 0.211. The van der Waals surface area contributed by atoms with Gasteiger partial charge in [-0.1, -0.05) is 30.3 Å². The lowest BCUT2D eigenvalue weighted by Crippen LogP contribution is -2.29. The van der Waals surface area contributed by atoms with Crippen LogP contribution in [0, 0.1) is 0 Å². The molecular weight excluding hydrogens is 352 g/mol. The SMILES string of the molecule is COc1cccc(C(CNS(=O)(=O)c2cccc3cccnc23)OC)c1. The van der Waals surface area contributed by atoms with Crippen LogP contribution in [0.2, 0.25) is 0 Å². The molecule has 136 valence electrons. The van der Waals surface area contributed by atoms with Crippen LogP contribution in [0.4, 0.5) is 0 Å². The lowest BCUT2D eigenvalue weighted by atomic mass is 10.1. The van der Waals surface area contributed by atoms with Gasteiger partial charge < -0.3 is 9.47 Å². The zero-order chi connectivity index (χ0) is 18.6. The summed E-state index contributed by atoms with van der Waals surface area (Å²) in [6.45, 7) is 0.0925. The first-order valence-electron chi connectivity index (χ1n) is 8.05. The average Bonchev–Trinajstić information content (AvgIpc) is 2.68. The molecule has 2 aromatic carbocycles. The van der Waals surface area contributed by atoms with Gasteiger partial charge in [-0.05, 0) is 29.8 Å². The van der Waals surface area contributed by atoms with E-state index in [0.29, 0.717) is 11.3 Å². The van der Waals surface area contributed by atoms with E-state index < -0.39 is 16.1 Å². The number of hydrogen-bond donors (Lipinski definition) is 1. The zero-order valence-electron chi connectivity index (χ0n) is 14.5. The minimum atomic E-state index is -3.74. The molecule has 0 fully saturated rings. The maximum atomic E-state index is 12.8. The normalized spacial score (nSPS) is 12.8. The van der Waals surface area contributed by atoms with Crippen LogP contribution in [-0.4, -0.2) is 34.2 Å². The molecule has 0 radical (unpaired) electrons. The van der Waals surface area contributed by atoms with Gasteiger partial charge in [-0.15, -0.1) is 0 Å². The van der Waals surface area contributed by atoms with Gasteiger partial charge in [0.05, 0.1) is 18.7 Å². The van der Waals surface area contributed by atoms with Crippen LogP contribution >= 0.6 is 0 Å². The van der Waals surface area contributed by atoms with Crippen molar-refractivity contribution in [3.8, 4) is 5.75 Å². The van der Waals surface area contributed by atoms with E-state index in [1.54, 1.807) is 31.5 Å². The summed E-state index contributed by atoms with van der Waals surface area (Å²) in [4.78, 5) is 4.36. The van der Waals surface area contributed by atoms with Gasteiger partial charge >= 0.3 is 0 Å². The Hall–Kier alpha value is -2.48. The zero-order valence-corrected chi connectivity index (χ0v) is 15.4. The van der Waals surface area contributed by atoms with Crippen molar-refractivity contribution in [2.75, 3.05) is 20.8 Å². The topological polar surface area (TPSA) is 77.5 Å². The Bertz CT molecular complexity index is 1000. The molecule has 1 N–H and O–H groups in total. The van der Waals surface area contributed by atoms with Gasteiger partial charge in [-0.3, -0.25) is 4.98 Å². The van der Waals surface area contributed by atoms with Crippen LogP contribution in [0.3, 0.4) is 0 Å². The molecule has 7 heteroatoms. The molecule has 0 aliphatic heterocycles. The number of hydrogen-bond acceptors (Lipinski definition) is 5. The summed E-state index contributed by atoms with van der Waals surface area (Å²) in [5.74, 6) is 0.686. The number of rotatable bonds is 7. The summed E-state index contributed by atoms with van der Waals surface area (Å²) in [5, 5.41) is 0.770. The number of nitrogens with one attached hydrogen (secondary N) is 1. The smallest absolute Gasteiger partial charge is 0.242 e. The Morgan fingerprint density at radius 2 is 1.85 bits per heavy atom. The molecule has 0 aliphatic carbocycles. The fourth-order valence-electron chi connectivity index (χ4n) is 2.74. The Morgan fingerprint density at radius 1 is 1.08 bits per heavy atom. The van der Waals surface area contributed by atoms with E-state index in [9.17, 15) is 8.42 Å². The molecule has 0 spiro atoms. The second kappa shape index (κ2) is 7.82. The standard InChI is InChI=1S/C19H20N2O4S/c1-24-16-9-3-7-15(12-16)17(25-2)13-21-26(22,23)18-10-4-6-14-8-5-11-20-19(14)18/h3-12,17,21H,13H2,1-2H3. The summed E-state index contributed by atoms with van der Waals surface area (Å²) >= 11 is 0. The van der Waals surface area contributed by atoms with Crippen molar-refractivity contribution in [1.82, 2.24) is 9.71 Å². The van der Waals surface area contributed by atoms with Crippen molar-refractivity contribution < 1.29 is 17.9 Å². The second-order valence-electron chi connectivity index (χ2n) is 5.68. The van der Waals surface area contributed by atoms with Gasteiger partial charge in [0.2, 0.25) is 10.0 Å². The third-order valence-electron chi connectivity index (χ3n) is 4.09. The van der Waals surface area contributed by atoms with Crippen LogP contribution in [-0.2, 0) is 14.8 Å². The molecule has 3 aromatic rings. The molecule has 0 bridgehead atoms. The van der Waals surface area contributed by atoms with Crippen molar-refractivity contribution in [3.05, 3.63) is 66.4 Å².